The van der Waals surface area contributed by atoms with Crippen LogP contribution in [0.4, 0.5) is 0 Å². The molecule has 0 saturated heterocycles. The maximum absolute atomic E-state index is 12.8. The Kier molecular flexibility index (Phi) is 5.67. The largest absolute Gasteiger partial charge is 0.479 e. The monoisotopic (exact) mass is 469 g/mol. The van der Waals surface area contributed by atoms with E-state index in [1.165, 1.54) is 19.4 Å². The Labute approximate surface area is 179 Å². The van der Waals surface area contributed by atoms with Crippen molar-refractivity contribution in [3.63, 3.8) is 0 Å². The van der Waals surface area contributed by atoms with Crippen LogP contribution in [0.25, 0.3) is 22.1 Å². The van der Waals surface area contributed by atoms with E-state index in [0.29, 0.717) is 40.3 Å². The summed E-state index contributed by atoms with van der Waals surface area (Å²) in [6.07, 6.45) is 1.84. The highest BCUT2D eigenvalue weighted by atomic mass is 79.9. The molecule has 2 aromatic carbocycles. The minimum absolute atomic E-state index is 0.100. The van der Waals surface area contributed by atoms with Gasteiger partial charge in [-0.25, -0.2) is 0 Å². The van der Waals surface area contributed by atoms with Gasteiger partial charge in [0, 0.05) is 23.0 Å². The molecule has 7 nitrogen and oxygen atoms in total. The van der Waals surface area contributed by atoms with Gasteiger partial charge in [0.1, 0.15) is 23.4 Å². The third-order valence-electron chi connectivity index (χ3n) is 4.45. The van der Waals surface area contributed by atoms with E-state index in [2.05, 4.69) is 21.1 Å². The molecular weight excluding hydrogens is 454 g/mol. The second-order valence-electron chi connectivity index (χ2n) is 6.45. The molecule has 0 N–H and O–H groups in total. The van der Waals surface area contributed by atoms with Gasteiger partial charge < -0.3 is 18.4 Å². The normalized spacial score (nSPS) is 10.9. The maximum atomic E-state index is 12.8. The molecule has 4 rings (SSSR count). The van der Waals surface area contributed by atoms with Crippen LogP contribution in [0, 0.1) is 0 Å². The van der Waals surface area contributed by atoms with Gasteiger partial charge in [-0.1, -0.05) is 28.1 Å². The van der Waals surface area contributed by atoms with Crippen molar-refractivity contribution in [3.05, 3.63) is 75.3 Å². The fraction of sp³-hybridized carbons (Fsp3) is 0.136. The highest BCUT2D eigenvalue weighted by Crippen LogP contribution is 2.24. The minimum atomic E-state index is -0.446. The number of halogens is 1. The number of benzene rings is 2. The Morgan fingerprint density at radius 3 is 2.67 bits per heavy atom. The molecule has 0 radical (unpaired) electrons. The molecular formula is C22H16BrNO6. The average molecular weight is 470 g/mol. The van der Waals surface area contributed by atoms with E-state index in [9.17, 15) is 9.59 Å². The lowest BCUT2D eigenvalue weighted by molar-refractivity contribution is -0.134. The van der Waals surface area contributed by atoms with Gasteiger partial charge in [-0.3, -0.25) is 9.59 Å². The number of fused-ring (bicyclic) bond motifs is 1. The molecule has 152 valence electrons. The lowest BCUT2D eigenvalue weighted by atomic mass is 10.1. The van der Waals surface area contributed by atoms with Crippen LogP contribution in [0.5, 0.6) is 11.6 Å². The molecule has 0 saturated carbocycles. The van der Waals surface area contributed by atoms with E-state index in [1.807, 2.05) is 24.3 Å². The van der Waals surface area contributed by atoms with Crippen molar-refractivity contribution in [2.45, 2.75) is 12.8 Å². The Hall–Kier alpha value is -3.39. The lowest BCUT2D eigenvalue weighted by Gasteiger charge is -2.06. The number of aromatic nitrogens is 1. The summed E-state index contributed by atoms with van der Waals surface area (Å²) in [6, 6.07) is 13.7. The van der Waals surface area contributed by atoms with Gasteiger partial charge in [0.15, 0.2) is 5.43 Å². The van der Waals surface area contributed by atoms with Crippen LogP contribution in [-0.4, -0.2) is 18.2 Å². The highest BCUT2D eigenvalue weighted by molar-refractivity contribution is 9.10. The zero-order valence-corrected chi connectivity index (χ0v) is 17.5. The molecule has 2 aromatic heterocycles. The summed E-state index contributed by atoms with van der Waals surface area (Å²) in [6.45, 7) is 0. The summed E-state index contributed by atoms with van der Waals surface area (Å²) < 4.78 is 21.9. The molecule has 0 aliphatic rings. The average Bonchev–Trinajstić information content (AvgIpc) is 3.22. The Bertz CT molecular complexity index is 1260. The number of ether oxygens (including phenoxy) is 2. The maximum Gasteiger partial charge on any atom is 0.311 e. The molecule has 0 amide bonds. The van der Waals surface area contributed by atoms with Gasteiger partial charge in [-0.2, -0.15) is 0 Å². The third-order valence-corrected chi connectivity index (χ3v) is 4.98. The van der Waals surface area contributed by atoms with E-state index < -0.39 is 5.97 Å². The van der Waals surface area contributed by atoms with Crippen LogP contribution in [0.15, 0.2) is 73.0 Å². The summed E-state index contributed by atoms with van der Waals surface area (Å²) in [7, 11) is 1.48. The van der Waals surface area contributed by atoms with E-state index in [0.717, 1.165) is 10.0 Å². The fourth-order valence-electron chi connectivity index (χ4n) is 2.92. The van der Waals surface area contributed by atoms with Crippen LogP contribution >= 0.6 is 15.9 Å². The molecule has 0 bridgehead atoms. The first-order chi connectivity index (χ1) is 14.5. The Morgan fingerprint density at radius 2 is 1.93 bits per heavy atom. The molecule has 0 aliphatic carbocycles. The Morgan fingerprint density at radius 1 is 1.13 bits per heavy atom. The van der Waals surface area contributed by atoms with E-state index in [1.54, 1.807) is 18.2 Å². The summed E-state index contributed by atoms with van der Waals surface area (Å²) >= 11 is 3.38. The summed E-state index contributed by atoms with van der Waals surface area (Å²) in [5, 5.41) is 4.09. The van der Waals surface area contributed by atoms with Gasteiger partial charge in [0.25, 0.3) is 5.88 Å². The fourth-order valence-corrected chi connectivity index (χ4v) is 3.18. The molecule has 8 heteroatoms. The van der Waals surface area contributed by atoms with E-state index in [4.69, 9.17) is 18.4 Å². The van der Waals surface area contributed by atoms with Gasteiger partial charge in [0.2, 0.25) is 0 Å². The standard InChI is InChI=1S/C22H16BrNO6/c1-27-20-11-16(30-24-20)7-9-21(25)29-15-6-8-17-19(10-15)28-12-18(22(17)26)13-2-4-14(23)5-3-13/h2-6,8,10-12H,7,9H2,1H3. The number of aryl methyl sites for hydroxylation is 1. The zero-order chi connectivity index (χ0) is 21.1. The van der Waals surface area contributed by atoms with Crippen molar-refractivity contribution in [1.82, 2.24) is 5.16 Å². The van der Waals surface area contributed by atoms with Crippen molar-refractivity contribution < 1.29 is 23.2 Å². The number of nitrogens with zero attached hydrogens (tertiary/aromatic N) is 1. The van der Waals surface area contributed by atoms with Gasteiger partial charge >= 0.3 is 5.97 Å². The van der Waals surface area contributed by atoms with Crippen molar-refractivity contribution in [1.29, 1.82) is 0 Å². The zero-order valence-electron chi connectivity index (χ0n) is 15.9. The third kappa shape index (κ3) is 4.28. The number of carbonyl (C=O) groups is 1. The van der Waals surface area contributed by atoms with Gasteiger partial charge in [-0.05, 0) is 35.0 Å². The molecule has 0 spiro atoms. The second-order valence-corrected chi connectivity index (χ2v) is 7.37. The molecule has 0 atom stereocenters. The first-order valence-corrected chi connectivity index (χ1v) is 9.84. The van der Waals surface area contributed by atoms with Crippen LogP contribution in [0.1, 0.15) is 12.2 Å². The van der Waals surface area contributed by atoms with Crippen LogP contribution < -0.4 is 14.9 Å². The van der Waals surface area contributed by atoms with Gasteiger partial charge in [-0.15, -0.1) is 0 Å². The summed E-state index contributed by atoms with van der Waals surface area (Å²) in [5.74, 6) is 0.722. The predicted octanol–water partition coefficient (Wildman–Crippen LogP) is 4.76. The summed E-state index contributed by atoms with van der Waals surface area (Å²) in [5.41, 5.74) is 1.40. The topological polar surface area (TPSA) is 91.8 Å². The van der Waals surface area contributed by atoms with Crippen LogP contribution in [0.3, 0.4) is 0 Å². The van der Waals surface area contributed by atoms with E-state index in [-0.39, 0.29) is 11.8 Å². The summed E-state index contributed by atoms with van der Waals surface area (Å²) in [4.78, 5) is 24.9. The first-order valence-electron chi connectivity index (χ1n) is 9.05. The minimum Gasteiger partial charge on any atom is -0.479 e. The Balaban J connectivity index is 1.49. The number of rotatable bonds is 6. The number of methoxy groups -OCH3 is 1. The molecule has 0 unspecified atom stereocenters. The SMILES string of the molecule is COc1cc(CCC(=O)Oc2ccc3c(=O)c(-c4ccc(Br)cc4)coc3c2)on1. The molecule has 30 heavy (non-hydrogen) atoms. The molecule has 2 heterocycles. The smallest absolute Gasteiger partial charge is 0.311 e. The number of hydrogen-bond donors (Lipinski definition) is 0. The van der Waals surface area contributed by atoms with E-state index >= 15 is 0 Å². The van der Waals surface area contributed by atoms with Crippen molar-refractivity contribution in [2.75, 3.05) is 7.11 Å². The van der Waals surface area contributed by atoms with Crippen molar-refractivity contribution in [3.8, 4) is 22.8 Å². The first kappa shape index (κ1) is 19.9. The molecule has 0 fully saturated rings. The molecule has 4 aromatic rings. The van der Waals surface area contributed by atoms with Crippen LogP contribution in [-0.2, 0) is 11.2 Å². The van der Waals surface area contributed by atoms with Crippen molar-refractivity contribution in [2.24, 2.45) is 0 Å². The molecule has 0 aliphatic heterocycles. The van der Waals surface area contributed by atoms with Crippen molar-refractivity contribution >= 4 is 32.9 Å². The lowest BCUT2D eigenvalue weighted by Crippen LogP contribution is -2.09. The predicted molar refractivity (Wildman–Crippen MR) is 113 cm³/mol. The number of hydrogen-bond acceptors (Lipinski definition) is 7. The van der Waals surface area contributed by atoms with Crippen LogP contribution in [0.2, 0.25) is 0 Å². The van der Waals surface area contributed by atoms with Gasteiger partial charge in [0.05, 0.1) is 24.5 Å². The second kappa shape index (κ2) is 8.54. The quantitative estimate of drug-likeness (QED) is 0.297. The number of esters is 1. The number of carbonyl (C=O) groups excluding carboxylic acids is 1. The highest BCUT2D eigenvalue weighted by Gasteiger charge is 2.13.